The van der Waals surface area contributed by atoms with E-state index < -0.39 is 0 Å². The number of rotatable bonds is 6. The first-order valence-electron chi connectivity index (χ1n) is 11.8. The quantitative estimate of drug-likeness (QED) is 0.413. The lowest BCUT2D eigenvalue weighted by Crippen LogP contribution is -2.49. The summed E-state index contributed by atoms with van der Waals surface area (Å²) in [6, 6.07) is 17.5. The average molecular weight is 485 g/mol. The fraction of sp³-hybridized carbons (Fsp3) is 0.259. The van der Waals surface area contributed by atoms with Gasteiger partial charge in [-0.05, 0) is 37.3 Å². The van der Waals surface area contributed by atoms with Gasteiger partial charge in [0, 0.05) is 37.9 Å². The van der Waals surface area contributed by atoms with Crippen molar-refractivity contribution in [2.45, 2.75) is 6.92 Å². The van der Waals surface area contributed by atoms with Gasteiger partial charge in [0.05, 0.1) is 43.1 Å². The lowest BCUT2D eigenvalue weighted by molar-refractivity contribution is 0.0746. The number of amides is 1. The normalized spacial score (nSPS) is 13.5. The maximum Gasteiger partial charge on any atom is 0.257 e. The van der Waals surface area contributed by atoms with Gasteiger partial charge < -0.3 is 19.3 Å². The molecule has 36 heavy (non-hydrogen) atoms. The second-order valence-corrected chi connectivity index (χ2v) is 8.45. The Labute approximate surface area is 209 Å². The highest BCUT2D eigenvalue weighted by atomic mass is 16.5. The van der Waals surface area contributed by atoms with Gasteiger partial charge in [-0.3, -0.25) is 4.79 Å². The van der Waals surface area contributed by atoms with E-state index in [-0.39, 0.29) is 5.91 Å². The van der Waals surface area contributed by atoms with E-state index in [1.165, 1.54) is 0 Å². The van der Waals surface area contributed by atoms with E-state index in [9.17, 15) is 4.79 Å². The van der Waals surface area contributed by atoms with Gasteiger partial charge in [-0.2, -0.15) is 5.10 Å². The zero-order valence-corrected chi connectivity index (χ0v) is 20.6. The maximum atomic E-state index is 13.4. The van der Waals surface area contributed by atoms with E-state index >= 15 is 0 Å². The number of hydrogen-bond donors (Lipinski definition) is 0. The Morgan fingerprint density at radius 2 is 1.58 bits per heavy atom. The summed E-state index contributed by atoms with van der Waals surface area (Å²) < 4.78 is 12.6. The van der Waals surface area contributed by atoms with Crippen molar-refractivity contribution in [2.24, 2.45) is 0 Å². The fourth-order valence-corrected chi connectivity index (χ4v) is 4.49. The molecule has 0 bridgehead atoms. The minimum atomic E-state index is -0.0423. The molecular formula is C27H28N6O3. The van der Waals surface area contributed by atoms with Crippen LogP contribution in [0.15, 0.2) is 67.0 Å². The van der Waals surface area contributed by atoms with Crippen LogP contribution in [-0.4, -0.2) is 71.0 Å². The number of benzene rings is 2. The molecule has 9 nitrogen and oxygen atoms in total. The molecule has 9 heteroatoms. The third kappa shape index (κ3) is 4.35. The van der Waals surface area contributed by atoms with Crippen LogP contribution in [0.3, 0.4) is 0 Å². The summed E-state index contributed by atoms with van der Waals surface area (Å²) in [6.45, 7) is 4.54. The first kappa shape index (κ1) is 23.3. The van der Waals surface area contributed by atoms with E-state index in [0.717, 1.165) is 35.8 Å². The maximum absolute atomic E-state index is 13.4. The highest BCUT2D eigenvalue weighted by molar-refractivity contribution is 5.95. The number of hydrogen-bond acceptors (Lipinski definition) is 7. The van der Waals surface area contributed by atoms with E-state index in [4.69, 9.17) is 14.5 Å². The molecule has 0 radical (unpaired) electrons. The van der Waals surface area contributed by atoms with Crippen molar-refractivity contribution in [2.75, 3.05) is 45.3 Å². The summed E-state index contributed by atoms with van der Waals surface area (Å²) in [5.74, 6) is 1.92. The largest absolute Gasteiger partial charge is 0.496 e. The zero-order chi connectivity index (χ0) is 25.1. The Hall–Kier alpha value is -4.40. The Balaban J connectivity index is 1.34. The minimum Gasteiger partial charge on any atom is -0.496 e. The number of methoxy groups -OCH3 is 2. The van der Waals surface area contributed by atoms with Crippen LogP contribution in [0.1, 0.15) is 16.1 Å². The van der Waals surface area contributed by atoms with Crippen LogP contribution in [0.4, 0.5) is 5.69 Å². The van der Waals surface area contributed by atoms with E-state index in [1.54, 1.807) is 31.3 Å². The van der Waals surface area contributed by atoms with E-state index in [2.05, 4.69) is 15.0 Å². The number of aromatic nitrogens is 4. The van der Waals surface area contributed by atoms with Gasteiger partial charge in [-0.15, -0.1) is 0 Å². The van der Waals surface area contributed by atoms with Crippen molar-refractivity contribution >= 4 is 11.6 Å². The number of para-hydroxylation sites is 3. The first-order valence-corrected chi connectivity index (χ1v) is 11.8. The Morgan fingerprint density at radius 1 is 0.889 bits per heavy atom. The van der Waals surface area contributed by atoms with Crippen molar-refractivity contribution in [1.29, 1.82) is 0 Å². The summed E-state index contributed by atoms with van der Waals surface area (Å²) in [5.41, 5.74) is 3.87. The molecule has 4 aromatic rings. The van der Waals surface area contributed by atoms with Crippen LogP contribution in [-0.2, 0) is 0 Å². The number of carbonyl (C=O) groups excluding carboxylic acids is 1. The number of carbonyl (C=O) groups is 1. The Bertz CT molecular complexity index is 1380. The highest BCUT2D eigenvalue weighted by Gasteiger charge is 2.26. The molecule has 1 fully saturated rings. The Morgan fingerprint density at radius 3 is 2.33 bits per heavy atom. The van der Waals surface area contributed by atoms with Crippen molar-refractivity contribution < 1.29 is 14.3 Å². The number of anilines is 1. The smallest absolute Gasteiger partial charge is 0.257 e. The second kappa shape index (κ2) is 10.1. The standard InChI is InChI=1S/C27H28N6O3/c1-19-21(26(34)32-16-14-31(15-17-32)23-9-5-7-11-25(23)36-3)18-29-33(19)27-28-13-12-22(30-27)20-8-4-6-10-24(20)35-2/h4-13,18H,14-17H2,1-3H3. The van der Waals surface area contributed by atoms with Gasteiger partial charge in [0.1, 0.15) is 11.5 Å². The molecule has 1 aliphatic heterocycles. The van der Waals surface area contributed by atoms with Crippen molar-refractivity contribution in [3.05, 3.63) is 78.2 Å². The lowest BCUT2D eigenvalue weighted by Gasteiger charge is -2.36. The molecule has 1 aliphatic rings. The van der Waals surface area contributed by atoms with Gasteiger partial charge in [0.25, 0.3) is 11.9 Å². The number of nitrogens with zero attached hydrogens (tertiary/aromatic N) is 6. The van der Waals surface area contributed by atoms with Gasteiger partial charge in [0.15, 0.2) is 0 Å². The molecule has 1 amide bonds. The van der Waals surface area contributed by atoms with Crippen LogP contribution in [0.5, 0.6) is 11.5 Å². The first-order chi connectivity index (χ1) is 17.6. The van der Waals surface area contributed by atoms with E-state index in [1.807, 2.05) is 66.4 Å². The monoisotopic (exact) mass is 484 g/mol. The predicted octanol–water partition coefficient (Wildman–Crippen LogP) is 3.62. The van der Waals surface area contributed by atoms with Gasteiger partial charge >= 0.3 is 0 Å². The molecule has 184 valence electrons. The third-order valence-electron chi connectivity index (χ3n) is 6.45. The summed E-state index contributed by atoms with van der Waals surface area (Å²) in [7, 11) is 3.31. The summed E-state index contributed by atoms with van der Waals surface area (Å²) >= 11 is 0. The van der Waals surface area contributed by atoms with Crippen LogP contribution < -0.4 is 14.4 Å². The number of piperazine rings is 1. The second-order valence-electron chi connectivity index (χ2n) is 8.45. The van der Waals surface area contributed by atoms with Crippen LogP contribution in [0, 0.1) is 6.92 Å². The van der Waals surface area contributed by atoms with Crippen LogP contribution in [0.2, 0.25) is 0 Å². The molecule has 0 unspecified atom stereocenters. The fourth-order valence-electron chi connectivity index (χ4n) is 4.49. The average Bonchev–Trinajstić information content (AvgIpc) is 3.33. The minimum absolute atomic E-state index is 0.0423. The number of ether oxygens (including phenoxy) is 2. The SMILES string of the molecule is COc1ccccc1-c1ccnc(-n2ncc(C(=O)N3CCN(c4ccccc4OC)CC3)c2C)n1. The zero-order valence-electron chi connectivity index (χ0n) is 20.6. The van der Waals surface area contributed by atoms with E-state index in [0.29, 0.717) is 36.0 Å². The van der Waals surface area contributed by atoms with Gasteiger partial charge in [-0.1, -0.05) is 24.3 Å². The molecule has 5 rings (SSSR count). The van der Waals surface area contributed by atoms with Gasteiger partial charge in [-0.25, -0.2) is 14.6 Å². The molecule has 0 N–H and O–H groups in total. The summed E-state index contributed by atoms with van der Waals surface area (Å²) in [4.78, 5) is 26.6. The van der Waals surface area contributed by atoms with Gasteiger partial charge in [0.2, 0.25) is 0 Å². The van der Waals surface area contributed by atoms with Crippen LogP contribution in [0.25, 0.3) is 17.2 Å². The van der Waals surface area contributed by atoms with Crippen molar-refractivity contribution in [3.63, 3.8) is 0 Å². The molecule has 0 aliphatic carbocycles. The molecule has 0 spiro atoms. The lowest BCUT2D eigenvalue weighted by atomic mass is 10.1. The molecule has 3 heterocycles. The molecule has 0 atom stereocenters. The molecular weight excluding hydrogens is 456 g/mol. The topological polar surface area (TPSA) is 85.6 Å². The summed E-state index contributed by atoms with van der Waals surface area (Å²) in [5, 5.41) is 4.45. The molecule has 1 saturated heterocycles. The summed E-state index contributed by atoms with van der Waals surface area (Å²) in [6.07, 6.45) is 3.28. The van der Waals surface area contributed by atoms with Crippen LogP contribution >= 0.6 is 0 Å². The molecule has 0 saturated carbocycles. The predicted molar refractivity (Wildman–Crippen MR) is 137 cm³/mol. The van der Waals surface area contributed by atoms with Crippen molar-refractivity contribution in [1.82, 2.24) is 24.6 Å². The Kier molecular flexibility index (Phi) is 6.53. The third-order valence-corrected chi connectivity index (χ3v) is 6.45. The molecule has 2 aromatic carbocycles. The molecule has 2 aromatic heterocycles. The van der Waals surface area contributed by atoms with Crippen molar-refractivity contribution in [3.8, 4) is 28.7 Å². The highest BCUT2D eigenvalue weighted by Crippen LogP contribution is 2.30.